The Morgan fingerprint density at radius 1 is 1.33 bits per heavy atom. The number of carboxylic acids is 1. The van der Waals surface area contributed by atoms with E-state index in [-0.39, 0.29) is 18.1 Å². The number of rotatable bonds is 8. The minimum Gasteiger partial charge on any atom is -0.480 e. The number of amides is 1. The Balaban J connectivity index is 2.38. The molecule has 0 bridgehead atoms. The van der Waals surface area contributed by atoms with Crippen molar-refractivity contribution < 1.29 is 29.0 Å². The van der Waals surface area contributed by atoms with Gasteiger partial charge in [-0.25, -0.2) is 4.79 Å². The number of carbonyl (C=O) groups excluding carboxylic acids is 3. The lowest BCUT2D eigenvalue weighted by Gasteiger charge is -2.21. The fourth-order valence-electron chi connectivity index (χ4n) is 2.43. The molecule has 1 rings (SSSR count). The van der Waals surface area contributed by atoms with Crippen molar-refractivity contribution >= 4 is 23.6 Å². The number of aliphatic carboxylic acids is 1. The van der Waals surface area contributed by atoms with Gasteiger partial charge < -0.3 is 14.7 Å². The van der Waals surface area contributed by atoms with Crippen LogP contribution in [0.2, 0.25) is 0 Å². The summed E-state index contributed by atoms with van der Waals surface area (Å²) in [5.41, 5.74) is 0. The van der Waals surface area contributed by atoms with Crippen molar-refractivity contribution in [1.29, 1.82) is 0 Å². The summed E-state index contributed by atoms with van der Waals surface area (Å²) in [6.07, 6.45) is 1.38. The second kappa shape index (κ2) is 7.75. The molecule has 0 saturated carbocycles. The predicted octanol–water partition coefficient (Wildman–Crippen LogP) is 0.753. The van der Waals surface area contributed by atoms with E-state index >= 15 is 0 Å². The lowest BCUT2D eigenvalue weighted by molar-refractivity contribution is -0.152. The van der Waals surface area contributed by atoms with E-state index in [4.69, 9.17) is 9.84 Å². The van der Waals surface area contributed by atoms with Gasteiger partial charge in [-0.1, -0.05) is 0 Å². The first-order valence-electron chi connectivity index (χ1n) is 7.03. The number of hydrogen-bond acceptors (Lipinski definition) is 5. The maximum Gasteiger partial charge on any atom is 0.326 e. The van der Waals surface area contributed by atoms with E-state index in [1.54, 1.807) is 0 Å². The summed E-state index contributed by atoms with van der Waals surface area (Å²) in [5.74, 6) is -1.85. The molecule has 1 amide bonds. The molecule has 0 radical (unpaired) electrons. The summed E-state index contributed by atoms with van der Waals surface area (Å²) in [5, 5.41) is 9.02. The number of nitrogens with zero attached hydrogens (tertiary/aromatic N) is 1. The van der Waals surface area contributed by atoms with Gasteiger partial charge in [-0.05, 0) is 32.6 Å². The zero-order chi connectivity index (χ0) is 16.0. The molecule has 0 aromatic heterocycles. The molecule has 118 valence electrons. The zero-order valence-corrected chi connectivity index (χ0v) is 12.3. The molecular weight excluding hydrogens is 278 g/mol. The van der Waals surface area contributed by atoms with Crippen LogP contribution in [0.15, 0.2) is 0 Å². The Morgan fingerprint density at radius 2 is 2.00 bits per heavy atom. The molecule has 1 aliphatic rings. The minimum atomic E-state index is -0.984. The first-order chi connectivity index (χ1) is 9.82. The third-order valence-electron chi connectivity index (χ3n) is 3.49. The third-order valence-corrected chi connectivity index (χ3v) is 3.49. The molecule has 1 saturated heterocycles. The molecular formula is C14H21NO6. The summed E-state index contributed by atoms with van der Waals surface area (Å²) >= 11 is 0. The molecule has 21 heavy (non-hydrogen) atoms. The maximum atomic E-state index is 11.6. The largest absolute Gasteiger partial charge is 0.480 e. The maximum absolute atomic E-state index is 11.6. The number of carboxylic acid groups (broad SMARTS) is 1. The molecule has 1 N–H and O–H groups in total. The van der Waals surface area contributed by atoms with Crippen molar-refractivity contribution in [3.8, 4) is 0 Å². The number of ketones is 1. The van der Waals surface area contributed by atoms with Crippen molar-refractivity contribution in [3.63, 3.8) is 0 Å². The molecule has 0 aromatic carbocycles. The van der Waals surface area contributed by atoms with E-state index in [1.807, 2.05) is 0 Å². The average molecular weight is 299 g/mol. The molecule has 7 heteroatoms. The third kappa shape index (κ3) is 5.17. The molecule has 1 heterocycles. The number of Topliss-reactive ketones (excluding diaryl/α,β-unsaturated/α-hetero) is 1. The summed E-state index contributed by atoms with van der Waals surface area (Å²) in [7, 11) is 0. The van der Waals surface area contributed by atoms with Gasteiger partial charge in [0.15, 0.2) is 11.9 Å². The van der Waals surface area contributed by atoms with Crippen molar-refractivity contribution in [1.82, 2.24) is 4.90 Å². The SMILES string of the molecule is CC(=O)OC(CCCCN1C(=O)CC[C@H]1C(=O)O)C(C)=O. The van der Waals surface area contributed by atoms with E-state index in [0.29, 0.717) is 32.2 Å². The topological polar surface area (TPSA) is 101 Å². The first kappa shape index (κ1) is 17.1. The smallest absolute Gasteiger partial charge is 0.326 e. The van der Waals surface area contributed by atoms with Crippen molar-refractivity contribution in [3.05, 3.63) is 0 Å². The fraction of sp³-hybridized carbons (Fsp3) is 0.714. The van der Waals surface area contributed by atoms with Crippen LogP contribution in [-0.2, 0) is 23.9 Å². The fourth-order valence-corrected chi connectivity index (χ4v) is 2.43. The number of unbranched alkanes of at least 4 members (excludes halogenated alkanes) is 1. The summed E-state index contributed by atoms with van der Waals surface area (Å²) in [6, 6.07) is -0.741. The lowest BCUT2D eigenvalue weighted by atomic mass is 10.1. The Hall–Kier alpha value is -1.92. The van der Waals surface area contributed by atoms with Crippen LogP contribution in [0, 0.1) is 0 Å². The molecule has 0 aromatic rings. The summed E-state index contributed by atoms with van der Waals surface area (Å²) < 4.78 is 4.90. The van der Waals surface area contributed by atoms with Gasteiger partial charge in [0.05, 0.1) is 0 Å². The highest BCUT2D eigenvalue weighted by molar-refractivity contribution is 5.87. The molecule has 7 nitrogen and oxygen atoms in total. The second-order valence-electron chi connectivity index (χ2n) is 5.18. The molecule has 0 spiro atoms. The van der Waals surface area contributed by atoms with Gasteiger partial charge in [0, 0.05) is 19.9 Å². The molecule has 1 fully saturated rings. The van der Waals surface area contributed by atoms with Crippen LogP contribution >= 0.6 is 0 Å². The van der Waals surface area contributed by atoms with E-state index in [2.05, 4.69) is 0 Å². The van der Waals surface area contributed by atoms with E-state index in [0.717, 1.165) is 0 Å². The van der Waals surface area contributed by atoms with Crippen LogP contribution in [0.5, 0.6) is 0 Å². The second-order valence-corrected chi connectivity index (χ2v) is 5.18. The number of hydrogen-bond donors (Lipinski definition) is 1. The van der Waals surface area contributed by atoms with E-state index in [1.165, 1.54) is 18.7 Å². The number of ether oxygens (including phenoxy) is 1. The van der Waals surface area contributed by atoms with Gasteiger partial charge in [-0.15, -0.1) is 0 Å². The molecule has 0 aliphatic carbocycles. The number of likely N-dealkylation sites (tertiary alicyclic amines) is 1. The zero-order valence-electron chi connectivity index (χ0n) is 12.3. The minimum absolute atomic E-state index is 0.148. The standard InChI is InChI=1S/C14H21NO6/c1-9(16)12(21-10(2)17)5-3-4-8-15-11(14(19)20)6-7-13(15)18/h11-12H,3-8H2,1-2H3,(H,19,20)/t11-,12?/m0/s1. The molecule has 2 atom stereocenters. The molecule has 1 aliphatic heterocycles. The number of esters is 1. The monoisotopic (exact) mass is 299 g/mol. The molecule has 1 unspecified atom stereocenters. The Kier molecular flexibility index (Phi) is 6.33. The van der Waals surface area contributed by atoms with Crippen LogP contribution in [0.3, 0.4) is 0 Å². The summed E-state index contributed by atoms with van der Waals surface area (Å²) in [4.78, 5) is 46.2. The Labute approximate surface area is 123 Å². The highest BCUT2D eigenvalue weighted by Crippen LogP contribution is 2.20. The van der Waals surface area contributed by atoms with Crippen LogP contribution in [0.1, 0.15) is 46.0 Å². The quantitative estimate of drug-likeness (QED) is 0.524. The van der Waals surface area contributed by atoms with Gasteiger partial charge in [-0.2, -0.15) is 0 Å². The van der Waals surface area contributed by atoms with Crippen LogP contribution in [0.25, 0.3) is 0 Å². The van der Waals surface area contributed by atoms with Crippen molar-refractivity contribution in [2.75, 3.05) is 6.54 Å². The normalized spacial score (nSPS) is 19.4. The predicted molar refractivity (Wildman–Crippen MR) is 72.5 cm³/mol. The van der Waals surface area contributed by atoms with Crippen LogP contribution in [-0.4, -0.2) is 52.3 Å². The highest BCUT2D eigenvalue weighted by Gasteiger charge is 2.35. The Bertz CT molecular complexity index is 433. The summed E-state index contributed by atoms with van der Waals surface area (Å²) in [6.45, 7) is 2.95. The van der Waals surface area contributed by atoms with Gasteiger partial charge >= 0.3 is 11.9 Å². The van der Waals surface area contributed by atoms with Gasteiger partial charge in [0.2, 0.25) is 5.91 Å². The number of carbonyl (C=O) groups is 4. The average Bonchev–Trinajstić information content (AvgIpc) is 2.74. The first-order valence-corrected chi connectivity index (χ1v) is 7.03. The van der Waals surface area contributed by atoms with E-state index < -0.39 is 24.1 Å². The Morgan fingerprint density at radius 3 is 2.52 bits per heavy atom. The lowest BCUT2D eigenvalue weighted by Crippen LogP contribution is -2.39. The van der Waals surface area contributed by atoms with Crippen molar-refractivity contribution in [2.45, 2.75) is 58.1 Å². The van der Waals surface area contributed by atoms with Gasteiger partial charge in [-0.3, -0.25) is 14.4 Å². The van der Waals surface area contributed by atoms with Crippen molar-refractivity contribution in [2.24, 2.45) is 0 Å². The highest BCUT2D eigenvalue weighted by atomic mass is 16.5. The van der Waals surface area contributed by atoms with Gasteiger partial charge in [0.25, 0.3) is 0 Å². The van der Waals surface area contributed by atoms with Crippen LogP contribution < -0.4 is 0 Å². The van der Waals surface area contributed by atoms with Crippen LogP contribution in [0.4, 0.5) is 0 Å². The van der Waals surface area contributed by atoms with E-state index in [9.17, 15) is 19.2 Å². The van der Waals surface area contributed by atoms with Gasteiger partial charge in [0.1, 0.15) is 6.04 Å².